The van der Waals surface area contributed by atoms with E-state index in [1.165, 1.54) is 17.0 Å². The molecule has 0 aliphatic carbocycles. The van der Waals surface area contributed by atoms with Gasteiger partial charge in [-0.15, -0.1) is 11.3 Å². The number of aryl methyl sites for hydroxylation is 1. The van der Waals surface area contributed by atoms with Gasteiger partial charge in [-0.25, -0.2) is 9.37 Å². The Morgan fingerprint density at radius 3 is 2.59 bits per heavy atom. The van der Waals surface area contributed by atoms with Crippen LogP contribution in [0.2, 0.25) is 0 Å². The van der Waals surface area contributed by atoms with Gasteiger partial charge in [0.15, 0.2) is 0 Å². The Kier molecular flexibility index (Phi) is 4.93. The molecule has 2 aromatic heterocycles. The molecule has 0 atom stereocenters. The molecule has 0 spiro atoms. The molecule has 0 amide bonds. The van der Waals surface area contributed by atoms with Crippen molar-refractivity contribution in [2.24, 2.45) is 0 Å². The first-order valence-electron chi connectivity index (χ1n) is 8.58. The zero-order valence-corrected chi connectivity index (χ0v) is 17.0. The molecular weight excluding hydrogens is 427 g/mol. The number of hydrogen-bond acceptors (Lipinski definition) is 3. The van der Waals surface area contributed by atoms with E-state index < -0.39 is 0 Å². The lowest BCUT2D eigenvalue weighted by Gasteiger charge is -2.08. The van der Waals surface area contributed by atoms with Gasteiger partial charge >= 0.3 is 0 Å². The van der Waals surface area contributed by atoms with Crippen molar-refractivity contribution in [1.29, 1.82) is 0 Å². The molecule has 0 aliphatic rings. The highest BCUT2D eigenvalue weighted by molar-refractivity contribution is 9.10. The van der Waals surface area contributed by atoms with Crippen LogP contribution in [0.5, 0.6) is 0 Å². The first kappa shape index (κ1) is 18.1. The summed E-state index contributed by atoms with van der Waals surface area (Å²) < 4.78 is 16.5. The van der Waals surface area contributed by atoms with Gasteiger partial charge in [0.2, 0.25) is 0 Å². The highest BCUT2D eigenvalue weighted by Gasteiger charge is 2.18. The van der Waals surface area contributed by atoms with Crippen LogP contribution in [0.25, 0.3) is 21.3 Å². The second-order valence-corrected chi connectivity index (χ2v) is 8.21. The number of aromatic nitrogens is 2. The number of nitrogens with zero attached hydrogens (tertiary/aromatic N) is 2. The minimum Gasteiger partial charge on any atom is -0.294 e. The molecule has 0 saturated heterocycles. The van der Waals surface area contributed by atoms with Crippen LogP contribution in [0.3, 0.4) is 0 Å². The second kappa shape index (κ2) is 7.37. The van der Waals surface area contributed by atoms with E-state index in [9.17, 15) is 9.18 Å². The van der Waals surface area contributed by atoms with Crippen LogP contribution < -0.4 is 5.56 Å². The van der Waals surface area contributed by atoms with Crippen LogP contribution in [0, 0.1) is 5.82 Å². The van der Waals surface area contributed by atoms with Gasteiger partial charge in [-0.1, -0.05) is 53.2 Å². The molecule has 2 heterocycles. The average molecular weight is 443 g/mol. The molecule has 3 nitrogen and oxygen atoms in total. The quantitative estimate of drug-likeness (QED) is 0.409. The van der Waals surface area contributed by atoms with Crippen molar-refractivity contribution in [3.63, 3.8) is 0 Å². The molecule has 0 radical (unpaired) electrons. The van der Waals surface area contributed by atoms with Crippen molar-refractivity contribution >= 4 is 37.5 Å². The van der Waals surface area contributed by atoms with Crippen LogP contribution in [0.4, 0.5) is 4.39 Å². The fraction of sp³-hybridized carbons (Fsp3) is 0.143. The van der Waals surface area contributed by atoms with Crippen molar-refractivity contribution in [3.05, 3.63) is 85.9 Å². The van der Waals surface area contributed by atoms with E-state index in [0.717, 1.165) is 31.7 Å². The van der Waals surface area contributed by atoms with Crippen molar-refractivity contribution in [2.75, 3.05) is 0 Å². The first-order chi connectivity index (χ1) is 13.1. The van der Waals surface area contributed by atoms with Gasteiger partial charge in [-0.3, -0.25) is 9.36 Å². The van der Waals surface area contributed by atoms with E-state index in [2.05, 4.69) is 27.8 Å². The summed E-state index contributed by atoms with van der Waals surface area (Å²) in [7, 11) is 0. The number of hydrogen-bond donors (Lipinski definition) is 0. The van der Waals surface area contributed by atoms with Gasteiger partial charge < -0.3 is 0 Å². The minimum absolute atomic E-state index is 0.142. The monoisotopic (exact) mass is 442 g/mol. The van der Waals surface area contributed by atoms with Crippen LogP contribution in [0.1, 0.15) is 17.4 Å². The Morgan fingerprint density at radius 2 is 1.89 bits per heavy atom. The van der Waals surface area contributed by atoms with Gasteiger partial charge in [-0.05, 0) is 30.2 Å². The minimum atomic E-state index is -0.322. The lowest BCUT2D eigenvalue weighted by molar-refractivity contribution is 0.595. The number of benzene rings is 2. The third-order valence-electron chi connectivity index (χ3n) is 4.50. The largest absolute Gasteiger partial charge is 0.294 e. The SMILES string of the molecule is CCc1sc2ncn(Cc3ccccc3F)c(=O)c2c1-c1ccc(Br)cc1. The van der Waals surface area contributed by atoms with E-state index in [-0.39, 0.29) is 17.9 Å². The smallest absolute Gasteiger partial charge is 0.263 e. The van der Waals surface area contributed by atoms with E-state index in [1.54, 1.807) is 29.5 Å². The highest BCUT2D eigenvalue weighted by atomic mass is 79.9. The molecular formula is C21H16BrFN2OS. The molecule has 27 heavy (non-hydrogen) atoms. The molecule has 4 rings (SSSR count). The third kappa shape index (κ3) is 3.35. The zero-order valence-electron chi connectivity index (χ0n) is 14.6. The van der Waals surface area contributed by atoms with E-state index in [0.29, 0.717) is 10.9 Å². The van der Waals surface area contributed by atoms with E-state index in [1.807, 2.05) is 24.3 Å². The standard InChI is InChI=1S/C21H16BrFN2OS/c1-2-17-18(13-7-9-15(22)10-8-13)19-20(27-17)24-12-25(21(19)26)11-14-5-3-4-6-16(14)23/h3-10,12H,2,11H2,1H3. The maximum atomic E-state index is 14.0. The van der Waals surface area contributed by atoms with Crippen molar-refractivity contribution < 1.29 is 4.39 Å². The third-order valence-corrected chi connectivity index (χ3v) is 6.27. The Bertz CT molecular complexity index is 1180. The topological polar surface area (TPSA) is 34.9 Å². The molecule has 0 aliphatic heterocycles. The summed E-state index contributed by atoms with van der Waals surface area (Å²) in [6, 6.07) is 14.4. The molecule has 6 heteroatoms. The number of fused-ring (bicyclic) bond motifs is 1. The molecule has 0 N–H and O–H groups in total. The molecule has 4 aromatic rings. The molecule has 0 unspecified atom stereocenters. The van der Waals surface area contributed by atoms with E-state index in [4.69, 9.17) is 0 Å². The van der Waals surface area contributed by atoms with Gasteiger partial charge in [0, 0.05) is 20.5 Å². The van der Waals surface area contributed by atoms with Gasteiger partial charge in [0.05, 0.1) is 18.3 Å². The molecule has 2 aromatic carbocycles. The highest BCUT2D eigenvalue weighted by Crippen LogP contribution is 2.36. The Labute approximate surface area is 168 Å². The predicted octanol–water partition coefficient (Wildman–Crippen LogP) is 5.64. The second-order valence-electron chi connectivity index (χ2n) is 6.21. The molecule has 136 valence electrons. The summed E-state index contributed by atoms with van der Waals surface area (Å²) in [5, 5.41) is 0.609. The van der Waals surface area contributed by atoms with Gasteiger partial charge in [0.25, 0.3) is 5.56 Å². The summed E-state index contributed by atoms with van der Waals surface area (Å²) in [4.78, 5) is 19.6. The fourth-order valence-corrected chi connectivity index (χ4v) is 4.52. The summed E-state index contributed by atoms with van der Waals surface area (Å²) in [6.45, 7) is 2.23. The van der Waals surface area contributed by atoms with E-state index >= 15 is 0 Å². The zero-order chi connectivity index (χ0) is 19.0. The number of thiophene rings is 1. The Morgan fingerprint density at radius 1 is 1.15 bits per heavy atom. The summed E-state index contributed by atoms with van der Waals surface area (Å²) >= 11 is 5.00. The van der Waals surface area contributed by atoms with Gasteiger partial charge in [-0.2, -0.15) is 0 Å². The van der Waals surface area contributed by atoms with Gasteiger partial charge in [0.1, 0.15) is 10.6 Å². The van der Waals surface area contributed by atoms with Crippen LogP contribution >= 0.6 is 27.3 Å². The Hall–Kier alpha value is -2.31. The molecule has 0 fully saturated rings. The van der Waals surface area contributed by atoms with Crippen molar-refractivity contribution in [3.8, 4) is 11.1 Å². The van der Waals surface area contributed by atoms with Crippen LogP contribution in [0.15, 0.2) is 64.1 Å². The average Bonchev–Trinajstić information content (AvgIpc) is 3.06. The number of halogens is 2. The summed E-state index contributed by atoms with van der Waals surface area (Å²) in [5.41, 5.74) is 2.25. The lowest BCUT2D eigenvalue weighted by Crippen LogP contribution is -2.21. The maximum absolute atomic E-state index is 14.0. The maximum Gasteiger partial charge on any atom is 0.263 e. The normalized spacial score (nSPS) is 11.2. The lowest BCUT2D eigenvalue weighted by atomic mass is 10.0. The van der Waals surface area contributed by atoms with Crippen LogP contribution in [-0.2, 0) is 13.0 Å². The Balaban J connectivity index is 1.91. The van der Waals surface area contributed by atoms with Crippen LogP contribution in [-0.4, -0.2) is 9.55 Å². The molecule has 0 bridgehead atoms. The predicted molar refractivity (Wildman–Crippen MR) is 112 cm³/mol. The summed E-state index contributed by atoms with van der Waals surface area (Å²) in [5.74, 6) is -0.322. The van der Waals surface area contributed by atoms with Crippen molar-refractivity contribution in [2.45, 2.75) is 19.9 Å². The first-order valence-corrected chi connectivity index (χ1v) is 10.2. The fourth-order valence-electron chi connectivity index (χ4n) is 3.17. The summed E-state index contributed by atoms with van der Waals surface area (Å²) in [6.07, 6.45) is 2.33. The van der Waals surface area contributed by atoms with Crippen molar-refractivity contribution in [1.82, 2.24) is 9.55 Å². The number of rotatable bonds is 4. The molecule has 0 saturated carbocycles.